The first-order valence-corrected chi connectivity index (χ1v) is 5.23. The zero-order chi connectivity index (χ0) is 11.2. The molecule has 3 heteroatoms. The number of aromatic nitrogens is 2. The van der Waals surface area contributed by atoms with E-state index < -0.39 is 0 Å². The molecular formula is C13H14N2O. The molecule has 0 aliphatic heterocycles. The minimum Gasteiger partial charge on any atom is -0.516 e. The molecule has 0 saturated carbocycles. The molecule has 0 radical (unpaired) electrons. The highest BCUT2D eigenvalue weighted by Gasteiger charge is 1.96. The maximum atomic E-state index is 8.61. The average Bonchev–Trinajstić information content (AvgIpc) is 2.80. The summed E-state index contributed by atoms with van der Waals surface area (Å²) in [4.78, 5) is 0. The van der Waals surface area contributed by atoms with Crippen LogP contribution < -0.4 is 0 Å². The number of nitrogens with zero attached hydrogens (tertiary/aromatic N) is 2. The van der Waals surface area contributed by atoms with Crippen molar-refractivity contribution in [2.24, 2.45) is 0 Å². The summed E-state index contributed by atoms with van der Waals surface area (Å²) in [7, 11) is 0. The molecule has 0 fully saturated rings. The van der Waals surface area contributed by atoms with E-state index in [0.29, 0.717) is 0 Å². The Labute approximate surface area is 94.7 Å². The molecule has 3 nitrogen and oxygen atoms in total. The highest BCUT2D eigenvalue weighted by molar-refractivity contribution is 5.25. The average molecular weight is 214 g/mol. The lowest BCUT2D eigenvalue weighted by Gasteiger charge is -2.04. The second kappa shape index (κ2) is 5.16. The van der Waals surface area contributed by atoms with Gasteiger partial charge in [0.15, 0.2) is 0 Å². The third-order valence-electron chi connectivity index (χ3n) is 2.35. The van der Waals surface area contributed by atoms with Crippen molar-refractivity contribution < 1.29 is 5.11 Å². The van der Waals surface area contributed by atoms with Crippen LogP contribution >= 0.6 is 0 Å². The Hall–Kier alpha value is -2.03. The van der Waals surface area contributed by atoms with Gasteiger partial charge in [-0.15, -0.1) is 0 Å². The van der Waals surface area contributed by atoms with E-state index in [9.17, 15) is 0 Å². The third-order valence-corrected chi connectivity index (χ3v) is 2.35. The van der Waals surface area contributed by atoms with E-state index in [4.69, 9.17) is 5.11 Å². The number of rotatable bonds is 4. The Morgan fingerprint density at radius 3 is 2.88 bits per heavy atom. The minimum absolute atomic E-state index is 0.753. The summed E-state index contributed by atoms with van der Waals surface area (Å²) in [5.74, 6) is 0. The van der Waals surface area contributed by atoms with Crippen LogP contribution in [-0.2, 0) is 13.0 Å². The fourth-order valence-corrected chi connectivity index (χ4v) is 1.62. The molecule has 1 aromatic carbocycles. The van der Waals surface area contributed by atoms with Gasteiger partial charge in [0.25, 0.3) is 0 Å². The quantitative estimate of drug-likeness (QED) is 0.794. The molecular weight excluding hydrogens is 200 g/mol. The predicted octanol–water partition coefficient (Wildman–Crippen LogP) is 2.55. The number of aliphatic hydroxyl groups excluding tert-OH is 1. The van der Waals surface area contributed by atoms with Gasteiger partial charge in [-0.2, -0.15) is 5.10 Å². The van der Waals surface area contributed by atoms with E-state index in [1.165, 1.54) is 11.1 Å². The first kappa shape index (κ1) is 10.5. The van der Waals surface area contributed by atoms with Gasteiger partial charge >= 0.3 is 0 Å². The summed E-state index contributed by atoms with van der Waals surface area (Å²) >= 11 is 0. The lowest BCUT2D eigenvalue weighted by atomic mass is 10.1. The monoisotopic (exact) mass is 214 g/mol. The zero-order valence-corrected chi connectivity index (χ0v) is 8.95. The van der Waals surface area contributed by atoms with Crippen LogP contribution in [0.1, 0.15) is 11.1 Å². The number of aliphatic hydroxyl groups is 1. The van der Waals surface area contributed by atoms with Gasteiger partial charge in [-0.05, 0) is 29.7 Å². The fourth-order valence-electron chi connectivity index (χ4n) is 1.62. The number of hydrogen-bond acceptors (Lipinski definition) is 2. The van der Waals surface area contributed by atoms with Crippen LogP contribution in [-0.4, -0.2) is 14.9 Å². The van der Waals surface area contributed by atoms with E-state index in [-0.39, 0.29) is 0 Å². The Kier molecular flexibility index (Phi) is 3.38. The van der Waals surface area contributed by atoms with Gasteiger partial charge in [0.2, 0.25) is 0 Å². The molecule has 0 unspecified atom stereocenters. The van der Waals surface area contributed by atoms with Gasteiger partial charge < -0.3 is 5.11 Å². The van der Waals surface area contributed by atoms with Crippen LogP contribution in [0.3, 0.4) is 0 Å². The summed E-state index contributed by atoms with van der Waals surface area (Å²) < 4.78 is 1.89. The predicted molar refractivity (Wildman–Crippen MR) is 63.2 cm³/mol. The Morgan fingerprint density at radius 2 is 2.12 bits per heavy atom. The summed E-state index contributed by atoms with van der Waals surface area (Å²) in [5.41, 5.74) is 2.41. The Bertz CT molecular complexity index is 461. The topological polar surface area (TPSA) is 38.0 Å². The van der Waals surface area contributed by atoms with E-state index in [1.807, 2.05) is 29.1 Å². The summed E-state index contributed by atoms with van der Waals surface area (Å²) in [6, 6.07) is 10.2. The molecule has 0 atom stereocenters. The second-order valence-electron chi connectivity index (χ2n) is 3.61. The molecule has 2 rings (SSSR count). The maximum Gasteiger partial charge on any atom is 0.0755 e. The third kappa shape index (κ3) is 2.73. The van der Waals surface area contributed by atoms with Crippen molar-refractivity contribution >= 4 is 0 Å². The van der Waals surface area contributed by atoms with Crippen LogP contribution in [0, 0.1) is 0 Å². The second-order valence-corrected chi connectivity index (χ2v) is 3.61. The molecule has 0 saturated heterocycles. The molecule has 0 amide bonds. The van der Waals surface area contributed by atoms with E-state index in [1.54, 1.807) is 12.3 Å². The molecule has 1 N–H and O–H groups in total. The van der Waals surface area contributed by atoms with Crippen LogP contribution in [0.4, 0.5) is 0 Å². The van der Waals surface area contributed by atoms with Crippen molar-refractivity contribution in [3.05, 3.63) is 66.2 Å². The molecule has 82 valence electrons. The van der Waals surface area contributed by atoms with Crippen molar-refractivity contribution in [2.45, 2.75) is 13.0 Å². The van der Waals surface area contributed by atoms with Crippen molar-refractivity contribution in [3.8, 4) is 0 Å². The SMILES string of the molecule is OC=CCc1cccc(Cn2cccn2)c1. The van der Waals surface area contributed by atoms with E-state index >= 15 is 0 Å². The lowest BCUT2D eigenvalue weighted by molar-refractivity contribution is 0.471. The zero-order valence-electron chi connectivity index (χ0n) is 8.95. The van der Waals surface area contributed by atoms with E-state index in [0.717, 1.165) is 19.2 Å². The molecule has 1 heterocycles. The molecule has 0 bridgehead atoms. The standard InChI is InChI=1S/C13H14N2O/c16-9-2-6-12-4-1-5-13(10-12)11-15-8-3-7-14-15/h1-5,7-10,16H,6,11H2. The number of hydrogen-bond donors (Lipinski definition) is 1. The molecule has 1 aromatic heterocycles. The normalized spacial score (nSPS) is 11.0. The Balaban J connectivity index is 2.10. The molecule has 2 aromatic rings. The molecule has 0 aliphatic rings. The first-order valence-electron chi connectivity index (χ1n) is 5.23. The van der Waals surface area contributed by atoms with Gasteiger partial charge in [0.05, 0.1) is 12.8 Å². The molecule has 0 aliphatic carbocycles. The van der Waals surface area contributed by atoms with Crippen molar-refractivity contribution in [1.29, 1.82) is 0 Å². The van der Waals surface area contributed by atoms with Gasteiger partial charge in [-0.3, -0.25) is 4.68 Å². The fraction of sp³-hybridized carbons (Fsp3) is 0.154. The largest absolute Gasteiger partial charge is 0.516 e. The van der Waals surface area contributed by atoms with Crippen LogP contribution in [0.15, 0.2) is 55.1 Å². The van der Waals surface area contributed by atoms with Crippen LogP contribution in [0.2, 0.25) is 0 Å². The van der Waals surface area contributed by atoms with Crippen molar-refractivity contribution in [1.82, 2.24) is 9.78 Å². The summed E-state index contributed by atoms with van der Waals surface area (Å²) in [6.45, 7) is 0.781. The van der Waals surface area contributed by atoms with Gasteiger partial charge in [-0.25, -0.2) is 0 Å². The maximum absolute atomic E-state index is 8.61. The molecule has 16 heavy (non-hydrogen) atoms. The number of benzene rings is 1. The van der Waals surface area contributed by atoms with Gasteiger partial charge in [0, 0.05) is 12.4 Å². The summed E-state index contributed by atoms with van der Waals surface area (Å²) in [5, 5.41) is 12.8. The number of allylic oxidation sites excluding steroid dienone is 1. The highest BCUT2D eigenvalue weighted by Crippen LogP contribution is 2.08. The first-order chi connectivity index (χ1) is 7.88. The molecule has 0 spiro atoms. The van der Waals surface area contributed by atoms with Crippen LogP contribution in [0.5, 0.6) is 0 Å². The van der Waals surface area contributed by atoms with Gasteiger partial charge in [-0.1, -0.05) is 24.3 Å². The lowest BCUT2D eigenvalue weighted by Crippen LogP contribution is -2.00. The minimum atomic E-state index is 0.753. The van der Waals surface area contributed by atoms with Crippen molar-refractivity contribution in [3.63, 3.8) is 0 Å². The van der Waals surface area contributed by atoms with Gasteiger partial charge in [0.1, 0.15) is 0 Å². The van der Waals surface area contributed by atoms with E-state index in [2.05, 4.69) is 17.2 Å². The summed E-state index contributed by atoms with van der Waals surface area (Å²) in [6.07, 6.45) is 7.29. The highest BCUT2D eigenvalue weighted by atomic mass is 16.2. The smallest absolute Gasteiger partial charge is 0.0755 e. The van der Waals surface area contributed by atoms with Crippen molar-refractivity contribution in [2.75, 3.05) is 0 Å². The Morgan fingerprint density at radius 1 is 1.25 bits per heavy atom. The van der Waals surface area contributed by atoms with Crippen LogP contribution in [0.25, 0.3) is 0 Å².